The Morgan fingerprint density at radius 1 is 1.27 bits per heavy atom. The fraction of sp³-hybridized carbons (Fsp3) is 0.632. The molecule has 3 heteroatoms. The lowest BCUT2D eigenvalue weighted by Crippen LogP contribution is -2.45. The van der Waals surface area contributed by atoms with Gasteiger partial charge in [0.25, 0.3) is 0 Å². The van der Waals surface area contributed by atoms with Gasteiger partial charge in [0.05, 0.1) is 0 Å². The van der Waals surface area contributed by atoms with Crippen molar-refractivity contribution in [2.45, 2.75) is 64.7 Å². The van der Waals surface area contributed by atoms with Crippen LogP contribution in [0.15, 0.2) is 6.07 Å². The van der Waals surface area contributed by atoms with E-state index in [1.807, 2.05) is 19.9 Å². The van der Waals surface area contributed by atoms with Crippen LogP contribution >= 0.6 is 0 Å². The SMILES string of the molecule is CC(C)c1cc2c(c(O)c1O)C1(C)CCCC(C)C1CC2=O. The van der Waals surface area contributed by atoms with E-state index in [0.717, 1.165) is 19.3 Å². The van der Waals surface area contributed by atoms with Crippen molar-refractivity contribution in [1.29, 1.82) is 0 Å². The Hall–Kier alpha value is -1.51. The average Bonchev–Trinajstić information content (AvgIpc) is 2.44. The fourth-order valence-corrected chi connectivity index (χ4v) is 4.77. The predicted octanol–water partition coefficient (Wildman–Crippen LogP) is 4.50. The van der Waals surface area contributed by atoms with Gasteiger partial charge in [0.15, 0.2) is 17.3 Å². The molecule has 3 rings (SSSR count). The third kappa shape index (κ3) is 1.98. The zero-order valence-electron chi connectivity index (χ0n) is 13.9. The Kier molecular flexibility index (Phi) is 3.50. The molecule has 2 aliphatic carbocycles. The molecule has 3 nitrogen and oxygen atoms in total. The van der Waals surface area contributed by atoms with Crippen LogP contribution < -0.4 is 0 Å². The van der Waals surface area contributed by atoms with E-state index < -0.39 is 0 Å². The van der Waals surface area contributed by atoms with E-state index in [4.69, 9.17) is 0 Å². The Labute approximate surface area is 132 Å². The second kappa shape index (κ2) is 5.00. The van der Waals surface area contributed by atoms with E-state index in [9.17, 15) is 15.0 Å². The first-order valence-electron chi connectivity index (χ1n) is 8.40. The van der Waals surface area contributed by atoms with Crippen LogP contribution in [0, 0.1) is 11.8 Å². The molecule has 3 unspecified atom stereocenters. The van der Waals surface area contributed by atoms with Crippen molar-refractivity contribution in [2.75, 3.05) is 0 Å². The van der Waals surface area contributed by atoms with Crippen LogP contribution in [-0.4, -0.2) is 16.0 Å². The fourth-order valence-electron chi connectivity index (χ4n) is 4.77. The molecule has 2 aliphatic rings. The van der Waals surface area contributed by atoms with Gasteiger partial charge in [0, 0.05) is 28.5 Å². The number of fused-ring (bicyclic) bond motifs is 3. The minimum atomic E-state index is -0.210. The van der Waals surface area contributed by atoms with Gasteiger partial charge in [-0.2, -0.15) is 0 Å². The van der Waals surface area contributed by atoms with Crippen molar-refractivity contribution in [2.24, 2.45) is 11.8 Å². The molecule has 0 heterocycles. The highest BCUT2D eigenvalue weighted by Gasteiger charge is 2.49. The molecule has 0 aromatic heterocycles. The maximum atomic E-state index is 12.7. The van der Waals surface area contributed by atoms with E-state index in [0.29, 0.717) is 29.0 Å². The number of carbonyl (C=O) groups excluding carboxylic acids is 1. The second-order valence-corrected chi connectivity index (χ2v) is 7.76. The largest absolute Gasteiger partial charge is 0.504 e. The molecule has 120 valence electrons. The predicted molar refractivity (Wildman–Crippen MR) is 86.7 cm³/mol. The van der Waals surface area contributed by atoms with Gasteiger partial charge >= 0.3 is 0 Å². The van der Waals surface area contributed by atoms with Crippen LogP contribution in [0.5, 0.6) is 11.5 Å². The first kappa shape index (κ1) is 15.4. The maximum Gasteiger partial charge on any atom is 0.163 e. The highest BCUT2D eigenvalue weighted by molar-refractivity contribution is 6.01. The summed E-state index contributed by atoms with van der Waals surface area (Å²) in [6.45, 7) is 8.29. The molecule has 22 heavy (non-hydrogen) atoms. The number of hydrogen-bond donors (Lipinski definition) is 2. The zero-order valence-corrected chi connectivity index (χ0v) is 13.9. The van der Waals surface area contributed by atoms with Gasteiger partial charge in [-0.15, -0.1) is 0 Å². The van der Waals surface area contributed by atoms with Crippen molar-refractivity contribution in [3.63, 3.8) is 0 Å². The molecule has 0 spiro atoms. The molecule has 0 radical (unpaired) electrons. The Balaban J connectivity index is 2.27. The first-order valence-corrected chi connectivity index (χ1v) is 8.40. The molecule has 2 N–H and O–H groups in total. The van der Waals surface area contributed by atoms with Gasteiger partial charge in [0.1, 0.15) is 0 Å². The minimum Gasteiger partial charge on any atom is -0.504 e. The summed E-state index contributed by atoms with van der Waals surface area (Å²) < 4.78 is 0. The van der Waals surface area contributed by atoms with Gasteiger partial charge in [-0.05, 0) is 30.2 Å². The van der Waals surface area contributed by atoms with E-state index in [1.165, 1.54) is 0 Å². The Morgan fingerprint density at radius 3 is 2.59 bits per heavy atom. The summed E-state index contributed by atoms with van der Waals surface area (Å²) in [5.74, 6) is 0.819. The maximum absolute atomic E-state index is 12.7. The molecular formula is C19H26O3. The molecule has 0 saturated heterocycles. The summed E-state index contributed by atoms with van der Waals surface area (Å²) in [5, 5.41) is 21.1. The topological polar surface area (TPSA) is 57.5 Å². The second-order valence-electron chi connectivity index (χ2n) is 7.76. The van der Waals surface area contributed by atoms with E-state index in [-0.39, 0.29) is 34.5 Å². The van der Waals surface area contributed by atoms with Crippen LogP contribution in [0.1, 0.15) is 80.8 Å². The molecular weight excluding hydrogens is 276 g/mol. The third-order valence-corrected chi connectivity index (χ3v) is 6.06. The van der Waals surface area contributed by atoms with Crippen LogP contribution in [0.2, 0.25) is 0 Å². The minimum absolute atomic E-state index is 0.0401. The molecule has 0 bridgehead atoms. The first-order chi connectivity index (χ1) is 10.3. The lowest BCUT2D eigenvalue weighted by Gasteiger charge is -2.49. The van der Waals surface area contributed by atoms with Gasteiger partial charge in [-0.25, -0.2) is 0 Å². The number of aromatic hydroxyl groups is 2. The number of rotatable bonds is 1. The number of phenolic OH excluding ortho intramolecular Hbond substituents is 2. The Bertz CT molecular complexity index is 632. The number of hydrogen-bond acceptors (Lipinski definition) is 3. The molecule has 0 aliphatic heterocycles. The summed E-state index contributed by atoms with van der Waals surface area (Å²) >= 11 is 0. The Morgan fingerprint density at radius 2 is 1.95 bits per heavy atom. The molecule has 0 amide bonds. The summed E-state index contributed by atoms with van der Waals surface area (Å²) in [6.07, 6.45) is 3.77. The number of Topliss-reactive ketones (excluding diaryl/α,β-unsaturated/α-hetero) is 1. The number of phenols is 2. The smallest absolute Gasteiger partial charge is 0.163 e. The summed E-state index contributed by atoms with van der Waals surface area (Å²) in [4.78, 5) is 12.7. The number of ketones is 1. The van der Waals surface area contributed by atoms with Crippen LogP contribution in [0.25, 0.3) is 0 Å². The van der Waals surface area contributed by atoms with Crippen molar-refractivity contribution in [1.82, 2.24) is 0 Å². The molecule has 1 aromatic rings. The van der Waals surface area contributed by atoms with Crippen molar-refractivity contribution >= 4 is 5.78 Å². The lowest BCUT2D eigenvalue weighted by atomic mass is 9.54. The summed E-state index contributed by atoms with van der Waals surface area (Å²) in [5.41, 5.74) is 1.78. The van der Waals surface area contributed by atoms with Crippen molar-refractivity contribution in [3.8, 4) is 11.5 Å². The van der Waals surface area contributed by atoms with E-state index >= 15 is 0 Å². The van der Waals surface area contributed by atoms with E-state index in [1.54, 1.807) is 0 Å². The monoisotopic (exact) mass is 302 g/mol. The number of benzene rings is 1. The highest BCUT2D eigenvalue weighted by atomic mass is 16.3. The van der Waals surface area contributed by atoms with Crippen molar-refractivity contribution in [3.05, 3.63) is 22.8 Å². The third-order valence-electron chi connectivity index (χ3n) is 6.06. The lowest BCUT2D eigenvalue weighted by molar-refractivity contribution is 0.0746. The summed E-state index contributed by atoms with van der Waals surface area (Å²) in [6, 6.07) is 1.82. The molecule has 1 fully saturated rings. The van der Waals surface area contributed by atoms with Gasteiger partial charge < -0.3 is 10.2 Å². The molecule has 3 atom stereocenters. The van der Waals surface area contributed by atoms with Crippen LogP contribution in [0.4, 0.5) is 0 Å². The van der Waals surface area contributed by atoms with Gasteiger partial charge in [-0.3, -0.25) is 4.79 Å². The van der Waals surface area contributed by atoms with Crippen LogP contribution in [-0.2, 0) is 5.41 Å². The summed E-state index contributed by atoms with van der Waals surface area (Å²) in [7, 11) is 0. The quantitative estimate of drug-likeness (QED) is 0.751. The molecule has 1 aromatic carbocycles. The highest BCUT2D eigenvalue weighted by Crippen LogP contribution is 2.56. The van der Waals surface area contributed by atoms with Crippen LogP contribution in [0.3, 0.4) is 0 Å². The van der Waals surface area contributed by atoms with Gasteiger partial charge in [0.2, 0.25) is 0 Å². The van der Waals surface area contributed by atoms with Gasteiger partial charge in [-0.1, -0.05) is 40.5 Å². The van der Waals surface area contributed by atoms with E-state index in [2.05, 4.69) is 13.8 Å². The standard InChI is InChI=1S/C19H26O3/c1-10(2)12-8-13-15(20)9-14-11(3)6-5-7-19(14,4)16(13)18(22)17(12)21/h8,10-11,14,21-22H,5-7,9H2,1-4H3. The normalized spacial score (nSPS) is 31.0. The van der Waals surface area contributed by atoms with Crippen molar-refractivity contribution < 1.29 is 15.0 Å². The molecule has 1 saturated carbocycles. The average molecular weight is 302 g/mol. The zero-order chi connectivity index (χ0) is 16.2. The number of carbonyl (C=O) groups is 1.